The number of carbonyl (C=O) groups excluding carboxylic acids is 1. The summed E-state index contributed by atoms with van der Waals surface area (Å²) in [6.07, 6.45) is 2.57. The molecular weight excluding hydrogens is 254 g/mol. The van der Waals surface area contributed by atoms with E-state index < -0.39 is 0 Å². The third-order valence-corrected chi connectivity index (χ3v) is 3.28. The number of anilines is 1. The first-order chi connectivity index (χ1) is 9.63. The van der Waals surface area contributed by atoms with Gasteiger partial charge in [0.25, 0.3) is 0 Å². The quantitative estimate of drug-likeness (QED) is 0.868. The van der Waals surface area contributed by atoms with Crippen LogP contribution in [0.15, 0.2) is 24.3 Å². The minimum Gasteiger partial charge on any atom is -0.488 e. The molecule has 1 aromatic rings. The molecule has 0 aliphatic carbocycles. The first-order valence-electron chi connectivity index (χ1n) is 7.28. The van der Waals surface area contributed by atoms with Crippen LogP contribution in [0.5, 0.6) is 5.75 Å². The summed E-state index contributed by atoms with van der Waals surface area (Å²) >= 11 is 0. The van der Waals surface area contributed by atoms with Crippen molar-refractivity contribution in [1.29, 1.82) is 0 Å². The monoisotopic (exact) mass is 277 g/mol. The molecule has 1 heterocycles. The standard InChI is InChI=1S/C16H23NO3/c1-12(2)3-8-16(18)17-13-4-6-14(7-5-13)20-15-9-10-19-11-15/h4-7,12,15H,3,8-11H2,1-2H3,(H,17,18)/t15-/m1/s1. The van der Waals surface area contributed by atoms with Crippen LogP contribution in [-0.2, 0) is 9.53 Å². The Kier molecular flexibility index (Phi) is 5.41. The van der Waals surface area contributed by atoms with Crippen molar-refractivity contribution in [2.24, 2.45) is 5.92 Å². The van der Waals surface area contributed by atoms with Crippen LogP contribution in [0.4, 0.5) is 5.69 Å². The van der Waals surface area contributed by atoms with Crippen molar-refractivity contribution < 1.29 is 14.3 Å². The van der Waals surface area contributed by atoms with Crippen LogP contribution in [0.3, 0.4) is 0 Å². The average molecular weight is 277 g/mol. The molecule has 1 aliphatic rings. The molecule has 110 valence electrons. The highest BCUT2D eigenvalue weighted by molar-refractivity contribution is 5.90. The Hall–Kier alpha value is -1.55. The highest BCUT2D eigenvalue weighted by Crippen LogP contribution is 2.20. The molecule has 1 aliphatic heterocycles. The van der Waals surface area contributed by atoms with Crippen molar-refractivity contribution in [3.8, 4) is 5.75 Å². The van der Waals surface area contributed by atoms with E-state index in [2.05, 4.69) is 19.2 Å². The highest BCUT2D eigenvalue weighted by Gasteiger charge is 2.16. The summed E-state index contributed by atoms with van der Waals surface area (Å²) in [5.74, 6) is 1.43. The fourth-order valence-corrected chi connectivity index (χ4v) is 2.06. The predicted molar refractivity (Wildman–Crippen MR) is 79.0 cm³/mol. The molecule has 0 radical (unpaired) electrons. The normalized spacial score (nSPS) is 18.2. The third kappa shape index (κ3) is 4.85. The molecule has 1 aromatic carbocycles. The molecule has 20 heavy (non-hydrogen) atoms. The Bertz CT molecular complexity index is 422. The average Bonchev–Trinajstić information content (AvgIpc) is 2.92. The number of ether oxygens (including phenoxy) is 2. The van der Waals surface area contributed by atoms with Gasteiger partial charge in [-0.3, -0.25) is 4.79 Å². The number of hydrogen-bond donors (Lipinski definition) is 1. The van der Waals surface area contributed by atoms with Crippen LogP contribution >= 0.6 is 0 Å². The van der Waals surface area contributed by atoms with E-state index in [1.54, 1.807) is 0 Å². The molecule has 1 amide bonds. The minimum absolute atomic E-state index is 0.0663. The van der Waals surface area contributed by atoms with Crippen molar-refractivity contribution in [3.05, 3.63) is 24.3 Å². The summed E-state index contributed by atoms with van der Waals surface area (Å²) in [4.78, 5) is 11.7. The zero-order chi connectivity index (χ0) is 14.4. The number of rotatable bonds is 6. The summed E-state index contributed by atoms with van der Waals surface area (Å²) in [5, 5.41) is 2.90. The molecule has 2 rings (SSSR count). The largest absolute Gasteiger partial charge is 0.488 e. The van der Waals surface area contributed by atoms with E-state index in [0.717, 1.165) is 30.9 Å². The van der Waals surface area contributed by atoms with Gasteiger partial charge in [0.15, 0.2) is 0 Å². The predicted octanol–water partition coefficient (Wildman–Crippen LogP) is 3.23. The van der Waals surface area contributed by atoms with E-state index >= 15 is 0 Å². The molecule has 0 spiro atoms. The third-order valence-electron chi connectivity index (χ3n) is 3.28. The Balaban J connectivity index is 1.80. The Labute approximate surface area is 120 Å². The van der Waals surface area contributed by atoms with E-state index in [9.17, 15) is 4.79 Å². The lowest BCUT2D eigenvalue weighted by molar-refractivity contribution is -0.116. The Morgan fingerprint density at radius 2 is 2.15 bits per heavy atom. The van der Waals surface area contributed by atoms with Gasteiger partial charge in [-0.1, -0.05) is 13.8 Å². The molecule has 0 aromatic heterocycles. The second-order valence-electron chi connectivity index (χ2n) is 5.61. The van der Waals surface area contributed by atoms with Crippen LogP contribution < -0.4 is 10.1 Å². The SMILES string of the molecule is CC(C)CCC(=O)Nc1ccc(O[C@@H]2CCOC2)cc1. The number of carbonyl (C=O) groups is 1. The smallest absolute Gasteiger partial charge is 0.224 e. The zero-order valence-corrected chi connectivity index (χ0v) is 12.2. The molecule has 1 fully saturated rings. The molecule has 1 saturated heterocycles. The Morgan fingerprint density at radius 3 is 2.75 bits per heavy atom. The zero-order valence-electron chi connectivity index (χ0n) is 12.2. The van der Waals surface area contributed by atoms with Gasteiger partial charge in [-0.15, -0.1) is 0 Å². The second kappa shape index (κ2) is 7.29. The highest BCUT2D eigenvalue weighted by atomic mass is 16.5. The topological polar surface area (TPSA) is 47.6 Å². The fourth-order valence-electron chi connectivity index (χ4n) is 2.06. The summed E-state index contributed by atoms with van der Waals surface area (Å²) in [6.45, 7) is 5.67. The van der Waals surface area contributed by atoms with E-state index in [1.807, 2.05) is 24.3 Å². The molecule has 1 N–H and O–H groups in total. The second-order valence-corrected chi connectivity index (χ2v) is 5.61. The molecular formula is C16H23NO3. The maximum atomic E-state index is 11.7. The van der Waals surface area contributed by atoms with Crippen molar-refractivity contribution >= 4 is 11.6 Å². The lowest BCUT2D eigenvalue weighted by Crippen LogP contribution is -2.15. The van der Waals surface area contributed by atoms with E-state index in [1.165, 1.54) is 0 Å². The van der Waals surface area contributed by atoms with Crippen molar-refractivity contribution in [2.75, 3.05) is 18.5 Å². The van der Waals surface area contributed by atoms with Gasteiger partial charge in [0.1, 0.15) is 11.9 Å². The lowest BCUT2D eigenvalue weighted by Gasteiger charge is -2.12. The van der Waals surface area contributed by atoms with Gasteiger partial charge in [-0.2, -0.15) is 0 Å². The molecule has 0 saturated carbocycles. The first kappa shape index (κ1) is 14.9. The van der Waals surface area contributed by atoms with Gasteiger partial charge in [0.05, 0.1) is 13.2 Å². The summed E-state index contributed by atoms with van der Waals surface area (Å²) in [6, 6.07) is 7.52. The van der Waals surface area contributed by atoms with Crippen molar-refractivity contribution in [3.63, 3.8) is 0 Å². The van der Waals surface area contributed by atoms with Crippen LogP contribution in [0.1, 0.15) is 33.1 Å². The molecule has 0 unspecified atom stereocenters. The van der Waals surface area contributed by atoms with Gasteiger partial charge in [-0.05, 0) is 36.6 Å². The van der Waals surface area contributed by atoms with Gasteiger partial charge in [-0.25, -0.2) is 0 Å². The van der Waals surface area contributed by atoms with Crippen molar-refractivity contribution in [1.82, 2.24) is 0 Å². The van der Waals surface area contributed by atoms with E-state index in [-0.39, 0.29) is 12.0 Å². The maximum Gasteiger partial charge on any atom is 0.224 e. The number of hydrogen-bond acceptors (Lipinski definition) is 3. The van der Waals surface area contributed by atoms with Gasteiger partial charge in [0, 0.05) is 18.5 Å². The van der Waals surface area contributed by atoms with E-state index in [4.69, 9.17) is 9.47 Å². The van der Waals surface area contributed by atoms with Gasteiger partial charge < -0.3 is 14.8 Å². The van der Waals surface area contributed by atoms with Crippen molar-refractivity contribution in [2.45, 2.75) is 39.2 Å². The summed E-state index contributed by atoms with van der Waals surface area (Å²) in [5.41, 5.74) is 0.814. The Morgan fingerprint density at radius 1 is 1.40 bits per heavy atom. The van der Waals surface area contributed by atoms with Crippen LogP contribution in [0.2, 0.25) is 0 Å². The van der Waals surface area contributed by atoms with Crippen LogP contribution in [0.25, 0.3) is 0 Å². The van der Waals surface area contributed by atoms with Gasteiger partial charge in [0.2, 0.25) is 5.91 Å². The summed E-state index contributed by atoms with van der Waals surface area (Å²) in [7, 11) is 0. The lowest BCUT2D eigenvalue weighted by atomic mass is 10.1. The summed E-state index contributed by atoms with van der Waals surface area (Å²) < 4.78 is 11.0. The minimum atomic E-state index is 0.0663. The molecule has 1 atom stereocenters. The molecule has 0 bridgehead atoms. The number of amides is 1. The fraction of sp³-hybridized carbons (Fsp3) is 0.562. The van der Waals surface area contributed by atoms with Gasteiger partial charge >= 0.3 is 0 Å². The molecule has 4 nitrogen and oxygen atoms in total. The molecule has 4 heteroatoms. The number of nitrogens with one attached hydrogen (secondary N) is 1. The van der Waals surface area contributed by atoms with Crippen LogP contribution in [-0.4, -0.2) is 25.2 Å². The maximum absolute atomic E-state index is 11.7. The van der Waals surface area contributed by atoms with Crippen LogP contribution in [0, 0.1) is 5.92 Å². The number of benzene rings is 1. The first-order valence-corrected chi connectivity index (χ1v) is 7.28. The van der Waals surface area contributed by atoms with E-state index in [0.29, 0.717) is 18.9 Å².